The molecule has 0 spiro atoms. The summed E-state index contributed by atoms with van der Waals surface area (Å²) in [5.74, 6) is 2.00. The van der Waals surface area contributed by atoms with Gasteiger partial charge in [-0.3, -0.25) is 0 Å². The van der Waals surface area contributed by atoms with Gasteiger partial charge in [0.15, 0.2) is 0 Å². The molecule has 1 aromatic heterocycles. The van der Waals surface area contributed by atoms with E-state index < -0.39 is 0 Å². The van der Waals surface area contributed by atoms with Crippen LogP contribution >= 0.6 is 0 Å². The van der Waals surface area contributed by atoms with Gasteiger partial charge in [0.25, 0.3) is 0 Å². The van der Waals surface area contributed by atoms with Crippen LogP contribution in [0.25, 0.3) is 10.9 Å². The highest BCUT2D eigenvalue weighted by Crippen LogP contribution is 2.39. The lowest BCUT2D eigenvalue weighted by molar-refractivity contribution is 0.464. The summed E-state index contributed by atoms with van der Waals surface area (Å²) in [6.45, 7) is 1.98. The molecule has 4 nitrogen and oxygen atoms in total. The van der Waals surface area contributed by atoms with E-state index in [0.29, 0.717) is 11.8 Å². The van der Waals surface area contributed by atoms with Gasteiger partial charge in [0, 0.05) is 23.5 Å². The first-order chi connectivity index (χ1) is 12.1. The van der Waals surface area contributed by atoms with E-state index >= 15 is 0 Å². The Morgan fingerprint density at radius 2 is 1.68 bits per heavy atom. The molecule has 0 aliphatic heterocycles. The number of fused-ring (bicyclic) bond motifs is 1. The molecule has 2 unspecified atom stereocenters. The second-order valence-electron chi connectivity index (χ2n) is 6.92. The standard InChI is InChI=1S/C21H23N3O/c1-13(22)16-6-10-19-17(12-16)7-11-20(24-19)25-18-8-4-15(5-9-18)21(23)14-2-3-14/h4-14,21H,2-3,22-23H2,1H3. The summed E-state index contributed by atoms with van der Waals surface area (Å²) in [6, 6.07) is 18.2. The van der Waals surface area contributed by atoms with Crippen molar-refractivity contribution in [3.05, 3.63) is 65.7 Å². The smallest absolute Gasteiger partial charge is 0.219 e. The second-order valence-corrected chi connectivity index (χ2v) is 6.92. The number of pyridine rings is 1. The summed E-state index contributed by atoms with van der Waals surface area (Å²) in [4.78, 5) is 4.58. The quantitative estimate of drug-likeness (QED) is 0.723. The van der Waals surface area contributed by atoms with E-state index in [4.69, 9.17) is 16.2 Å². The Labute approximate surface area is 147 Å². The van der Waals surface area contributed by atoms with Gasteiger partial charge in [-0.25, -0.2) is 4.98 Å². The predicted octanol–water partition coefficient (Wildman–Crippen LogP) is 4.46. The summed E-state index contributed by atoms with van der Waals surface area (Å²) in [5, 5.41) is 1.06. The maximum absolute atomic E-state index is 6.24. The summed E-state index contributed by atoms with van der Waals surface area (Å²) < 4.78 is 5.90. The normalized spacial score (nSPS) is 16.6. The Morgan fingerprint density at radius 1 is 0.960 bits per heavy atom. The summed E-state index contributed by atoms with van der Waals surface area (Å²) in [7, 11) is 0. The minimum atomic E-state index is 0.0147. The molecule has 3 aromatic rings. The number of nitrogens with zero attached hydrogens (tertiary/aromatic N) is 1. The van der Waals surface area contributed by atoms with Crippen LogP contribution in [0, 0.1) is 5.92 Å². The van der Waals surface area contributed by atoms with Gasteiger partial charge in [-0.15, -0.1) is 0 Å². The summed E-state index contributed by atoms with van der Waals surface area (Å²) in [5.41, 5.74) is 15.3. The maximum Gasteiger partial charge on any atom is 0.219 e. The highest BCUT2D eigenvalue weighted by Gasteiger charge is 2.29. The molecule has 2 atom stereocenters. The molecule has 2 aromatic carbocycles. The summed E-state index contributed by atoms with van der Waals surface area (Å²) >= 11 is 0. The van der Waals surface area contributed by atoms with Crippen LogP contribution in [-0.2, 0) is 0 Å². The zero-order valence-corrected chi connectivity index (χ0v) is 14.4. The Kier molecular flexibility index (Phi) is 4.15. The van der Waals surface area contributed by atoms with Crippen LogP contribution in [0.1, 0.15) is 43.0 Å². The molecule has 1 fully saturated rings. The van der Waals surface area contributed by atoms with E-state index in [0.717, 1.165) is 22.2 Å². The van der Waals surface area contributed by atoms with E-state index in [1.807, 2.05) is 55.5 Å². The Bertz CT molecular complexity index is 885. The van der Waals surface area contributed by atoms with Crippen LogP contribution in [0.3, 0.4) is 0 Å². The SMILES string of the molecule is CC(N)c1ccc2nc(Oc3ccc(C(N)C4CC4)cc3)ccc2c1. The molecule has 1 aliphatic rings. The van der Waals surface area contributed by atoms with Crippen molar-refractivity contribution in [2.24, 2.45) is 17.4 Å². The molecule has 4 N–H and O–H groups in total. The molecule has 0 radical (unpaired) electrons. The molecule has 1 heterocycles. The van der Waals surface area contributed by atoms with Gasteiger partial charge in [-0.05, 0) is 67.1 Å². The molecule has 0 saturated heterocycles. The number of hydrogen-bond acceptors (Lipinski definition) is 4. The number of aromatic nitrogens is 1. The van der Waals surface area contributed by atoms with Crippen molar-refractivity contribution in [2.75, 3.05) is 0 Å². The third-order valence-corrected chi connectivity index (χ3v) is 4.83. The van der Waals surface area contributed by atoms with Crippen molar-refractivity contribution in [1.82, 2.24) is 4.98 Å². The lowest BCUT2D eigenvalue weighted by atomic mass is 10.0. The van der Waals surface area contributed by atoms with Crippen LogP contribution in [0.4, 0.5) is 0 Å². The van der Waals surface area contributed by atoms with Crippen LogP contribution in [0.5, 0.6) is 11.6 Å². The lowest BCUT2D eigenvalue weighted by Gasteiger charge is -2.12. The zero-order chi connectivity index (χ0) is 17.4. The topological polar surface area (TPSA) is 74.2 Å². The van der Waals surface area contributed by atoms with Crippen LogP contribution < -0.4 is 16.2 Å². The minimum absolute atomic E-state index is 0.0147. The monoisotopic (exact) mass is 333 g/mol. The lowest BCUT2D eigenvalue weighted by Crippen LogP contribution is -2.11. The average molecular weight is 333 g/mol. The van der Waals surface area contributed by atoms with Crippen LogP contribution in [0.15, 0.2) is 54.6 Å². The molecule has 0 bridgehead atoms. The van der Waals surface area contributed by atoms with Crippen LogP contribution in [-0.4, -0.2) is 4.98 Å². The first kappa shape index (κ1) is 16.1. The highest BCUT2D eigenvalue weighted by molar-refractivity contribution is 5.80. The average Bonchev–Trinajstić information content (AvgIpc) is 3.46. The second kappa shape index (κ2) is 6.47. The van der Waals surface area contributed by atoms with E-state index in [9.17, 15) is 0 Å². The first-order valence-corrected chi connectivity index (χ1v) is 8.80. The van der Waals surface area contributed by atoms with Gasteiger partial charge < -0.3 is 16.2 Å². The summed E-state index contributed by atoms with van der Waals surface area (Å²) in [6.07, 6.45) is 2.48. The highest BCUT2D eigenvalue weighted by atomic mass is 16.5. The molecular weight excluding hydrogens is 310 g/mol. The molecular formula is C21H23N3O. The van der Waals surface area contributed by atoms with Crippen molar-refractivity contribution in [3.63, 3.8) is 0 Å². The minimum Gasteiger partial charge on any atom is -0.439 e. The fraction of sp³-hybridized carbons (Fsp3) is 0.286. The fourth-order valence-corrected chi connectivity index (χ4v) is 3.07. The number of benzene rings is 2. The first-order valence-electron chi connectivity index (χ1n) is 8.80. The molecule has 0 amide bonds. The largest absolute Gasteiger partial charge is 0.439 e. The Balaban J connectivity index is 1.52. The Hall–Kier alpha value is -2.43. The van der Waals surface area contributed by atoms with Crippen molar-refractivity contribution in [2.45, 2.75) is 31.8 Å². The zero-order valence-electron chi connectivity index (χ0n) is 14.4. The molecule has 25 heavy (non-hydrogen) atoms. The fourth-order valence-electron chi connectivity index (χ4n) is 3.07. The van der Waals surface area contributed by atoms with Gasteiger partial charge in [0.2, 0.25) is 5.88 Å². The Morgan fingerprint density at radius 3 is 2.36 bits per heavy atom. The predicted molar refractivity (Wildman–Crippen MR) is 101 cm³/mol. The van der Waals surface area contributed by atoms with E-state index in [1.54, 1.807) is 0 Å². The van der Waals surface area contributed by atoms with Crippen LogP contribution in [0.2, 0.25) is 0 Å². The van der Waals surface area contributed by atoms with E-state index in [1.165, 1.54) is 18.4 Å². The van der Waals surface area contributed by atoms with Crippen molar-refractivity contribution in [3.8, 4) is 11.6 Å². The number of ether oxygens (including phenoxy) is 1. The molecule has 4 heteroatoms. The van der Waals surface area contributed by atoms with Gasteiger partial charge in [-0.1, -0.05) is 18.2 Å². The van der Waals surface area contributed by atoms with Gasteiger partial charge >= 0.3 is 0 Å². The number of nitrogens with two attached hydrogens (primary N) is 2. The number of hydrogen-bond donors (Lipinski definition) is 2. The van der Waals surface area contributed by atoms with Gasteiger partial charge in [0.1, 0.15) is 5.75 Å². The molecule has 4 rings (SSSR count). The third-order valence-electron chi connectivity index (χ3n) is 4.83. The van der Waals surface area contributed by atoms with Crippen molar-refractivity contribution < 1.29 is 4.74 Å². The van der Waals surface area contributed by atoms with E-state index in [-0.39, 0.29) is 12.1 Å². The maximum atomic E-state index is 6.24. The number of rotatable bonds is 5. The van der Waals surface area contributed by atoms with E-state index in [2.05, 4.69) is 11.1 Å². The van der Waals surface area contributed by atoms with Gasteiger partial charge in [0.05, 0.1) is 5.52 Å². The van der Waals surface area contributed by atoms with Crippen molar-refractivity contribution >= 4 is 10.9 Å². The third kappa shape index (κ3) is 3.50. The molecule has 128 valence electrons. The molecule has 1 aliphatic carbocycles. The van der Waals surface area contributed by atoms with Crippen molar-refractivity contribution in [1.29, 1.82) is 0 Å². The van der Waals surface area contributed by atoms with Gasteiger partial charge in [-0.2, -0.15) is 0 Å². The molecule has 1 saturated carbocycles.